The van der Waals surface area contributed by atoms with E-state index in [1.165, 1.54) is 0 Å². The lowest BCUT2D eigenvalue weighted by molar-refractivity contribution is 0.103. The summed E-state index contributed by atoms with van der Waals surface area (Å²) in [5.74, 6) is 1.27. The van der Waals surface area contributed by atoms with Crippen LogP contribution in [-0.4, -0.2) is 12.9 Å². The third-order valence-electron chi connectivity index (χ3n) is 3.40. The van der Waals surface area contributed by atoms with Gasteiger partial charge >= 0.3 is 0 Å². The van der Waals surface area contributed by atoms with Gasteiger partial charge in [-0.15, -0.1) is 0 Å². The smallest absolute Gasteiger partial charge is 0.200 e. The van der Waals surface area contributed by atoms with E-state index in [9.17, 15) is 4.79 Å². The van der Waals surface area contributed by atoms with Gasteiger partial charge in [0, 0.05) is 10.9 Å². The lowest BCUT2D eigenvalue weighted by atomic mass is 9.95. The molecule has 0 amide bonds. The highest BCUT2D eigenvalue weighted by molar-refractivity contribution is 9.10. The summed E-state index contributed by atoms with van der Waals surface area (Å²) in [5, 5.41) is 0. The minimum atomic E-state index is -0.0608. The van der Waals surface area contributed by atoms with E-state index in [0.29, 0.717) is 29.1 Å². The van der Waals surface area contributed by atoms with E-state index in [-0.39, 0.29) is 5.78 Å². The lowest BCUT2D eigenvalue weighted by Gasteiger charge is -2.15. The minimum absolute atomic E-state index is 0.0608. The predicted octanol–water partition coefficient (Wildman–Crippen LogP) is 4.46. The first kappa shape index (κ1) is 14.9. The topological polar surface area (TPSA) is 39.4 Å². The first-order chi connectivity index (χ1) is 9.51. The standard InChI is InChI=1S/C16H17BrO3/c1-5-13-11(6-7-20-13)15(18)14-10(3)12(17)8-9(2)16(14)19-4/h6-8H,5H2,1-4H3. The number of ether oxygens (including phenoxy) is 1. The summed E-state index contributed by atoms with van der Waals surface area (Å²) in [5.41, 5.74) is 3.00. The molecule has 0 bridgehead atoms. The molecular weight excluding hydrogens is 320 g/mol. The summed E-state index contributed by atoms with van der Waals surface area (Å²) in [7, 11) is 1.59. The number of ketones is 1. The number of carbonyl (C=O) groups is 1. The number of hydrogen-bond acceptors (Lipinski definition) is 3. The van der Waals surface area contributed by atoms with Crippen LogP contribution in [0.3, 0.4) is 0 Å². The van der Waals surface area contributed by atoms with E-state index in [1.54, 1.807) is 19.4 Å². The molecule has 4 heteroatoms. The largest absolute Gasteiger partial charge is 0.496 e. The lowest BCUT2D eigenvalue weighted by Crippen LogP contribution is -2.09. The normalized spacial score (nSPS) is 10.7. The van der Waals surface area contributed by atoms with Crippen molar-refractivity contribution in [2.75, 3.05) is 7.11 Å². The van der Waals surface area contributed by atoms with Crippen molar-refractivity contribution in [3.63, 3.8) is 0 Å². The molecule has 0 aliphatic rings. The van der Waals surface area contributed by atoms with Gasteiger partial charge in [-0.25, -0.2) is 0 Å². The summed E-state index contributed by atoms with van der Waals surface area (Å²) in [6.45, 7) is 5.80. The van der Waals surface area contributed by atoms with Crippen molar-refractivity contribution < 1.29 is 13.9 Å². The molecule has 0 spiro atoms. The second-order valence-electron chi connectivity index (χ2n) is 4.65. The second-order valence-corrected chi connectivity index (χ2v) is 5.50. The minimum Gasteiger partial charge on any atom is -0.496 e. The molecule has 0 saturated heterocycles. The van der Waals surface area contributed by atoms with Crippen molar-refractivity contribution in [3.8, 4) is 5.75 Å². The molecule has 2 rings (SSSR count). The molecule has 3 nitrogen and oxygen atoms in total. The van der Waals surface area contributed by atoms with E-state index in [2.05, 4.69) is 15.9 Å². The van der Waals surface area contributed by atoms with Crippen LogP contribution in [-0.2, 0) is 6.42 Å². The quantitative estimate of drug-likeness (QED) is 0.773. The maximum Gasteiger partial charge on any atom is 0.200 e. The third-order valence-corrected chi connectivity index (χ3v) is 4.23. The zero-order valence-corrected chi connectivity index (χ0v) is 13.6. The summed E-state index contributed by atoms with van der Waals surface area (Å²) >= 11 is 3.50. The molecule has 20 heavy (non-hydrogen) atoms. The van der Waals surface area contributed by atoms with Gasteiger partial charge in [-0.05, 0) is 37.1 Å². The number of benzene rings is 1. The van der Waals surface area contributed by atoms with Gasteiger partial charge in [0.2, 0.25) is 5.78 Å². The van der Waals surface area contributed by atoms with Crippen molar-refractivity contribution in [1.82, 2.24) is 0 Å². The van der Waals surface area contributed by atoms with Crippen molar-refractivity contribution in [3.05, 3.63) is 50.9 Å². The van der Waals surface area contributed by atoms with Gasteiger partial charge in [0.25, 0.3) is 0 Å². The van der Waals surface area contributed by atoms with Crippen LogP contribution in [0.4, 0.5) is 0 Å². The van der Waals surface area contributed by atoms with Crippen molar-refractivity contribution in [1.29, 1.82) is 0 Å². The van der Waals surface area contributed by atoms with Gasteiger partial charge in [0.05, 0.1) is 24.5 Å². The fourth-order valence-corrected chi connectivity index (χ4v) is 2.88. The Balaban J connectivity index is 2.66. The highest BCUT2D eigenvalue weighted by Gasteiger charge is 2.23. The molecule has 0 aliphatic carbocycles. The predicted molar refractivity (Wildman–Crippen MR) is 81.7 cm³/mol. The molecule has 1 heterocycles. The van der Waals surface area contributed by atoms with E-state index in [4.69, 9.17) is 9.15 Å². The third kappa shape index (κ3) is 2.40. The Morgan fingerprint density at radius 2 is 2.10 bits per heavy atom. The van der Waals surface area contributed by atoms with Crippen LogP contribution >= 0.6 is 15.9 Å². The molecule has 0 saturated carbocycles. The Morgan fingerprint density at radius 1 is 1.40 bits per heavy atom. The Kier molecular flexibility index (Phi) is 4.33. The van der Waals surface area contributed by atoms with Gasteiger partial charge in [0.1, 0.15) is 11.5 Å². The number of furan rings is 1. The average Bonchev–Trinajstić information content (AvgIpc) is 2.90. The molecule has 1 aromatic carbocycles. The van der Waals surface area contributed by atoms with E-state index in [0.717, 1.165) is 15.6 Å². The fraction of sp³-hybridized carbons (Fsp3) is 0.312. The van der Waals surface area contributed by atoms with Crippen LogP contribution < -0.4 is 4.74 Å². The maximum absolute atomic E-state index is 12.8. The molecule has 0 radical (unpaired) electrons. The van der Waals surface area contributed by atoms with Crippen LogP contribution in [0, 0.1) is 13.8 Å². The second kappa shape index (κ2) is 5.83. The number of hydrogen-bond donors (Lipinski definition) is 0. The molecular formula is C16H17BrO3. The fourth-order valence-electron chi connectivity index (χ4n) is 2.34. The van der Waals surface area contributed by atoms with Gasteiger partial charge in [-0.1, -0.05) is 22.9 Å². The Morgan fingerprint density at radius 3 is 2.70 bits per heavy atom. The van der Waals surface area contributed by atoms with Crippen LogP contribution in [0.5, 0.6) is 5.75 Å². The molecule has 0 atom stereocenters. The van der Waals surface area contributed by atoms with E-state index < -0.39 is 0 Å². The number of rotatable bonds is 4. The SMILES string of the molecule is CCc1occc1C(=O)c1c(C)c(Br)cc(C)c1OC. The van der Waals surface area contributed by atoms with Gasteiger partial charge in [0.15, 0.2) is 0 Å². The van der Waals surface area contributed by atoms with Crippen LogP contribution in [0.2, 0.25) is 0 Å². The maximum atomic E-state index is 12.8. The van der Waals surface area contributed by atoms with E-state index in [1.807, 2.05) is 26.8 Å². The average molecular weight is 337 g/mol. The first-order valence-electron chi connectivity index (χ1n) is 6.46. The molecule has 0 fully saturated rings. The molecule has 0 aliphatic heterocycles. The number of carbonyl (C=O) groups excluding carboxylic acids is 1. The van der Waals surface area contributed by atoms with Gasteiger partial charge in [-0.2, -0.15) is 0 Å². The van der Waals surface area contributed by atoms with Crippen LogP contribution in [0.1, 0.15) is 39.7 Å². The zero-order valence-electron chi connectivity index (χ0n) is 12.0. The monoisotopic (exact) mass is 336 g/mol. The van der Waals surface area contributed by atoms with E-state index >= 15 is 0 Å². The number of aryl methyl sites for hydroxylation is 2. The Labute approximate surface area is 127 Å². The number of halogens is 1. The van der Waals surface area contributed by atoms with Gasteiger partial charge in [-0.3, -0.25) is 4.79 Å². The van der Waals surface area contributed by atoms with Crippen LogP contribution in [0.15, 0.2) is 27.3 Å². The highest BCUT2D eigenvalue weighted by atomic mass is 79.9. The van der Waals surface area contributed by atoms with Gasteiger partial charge < -0.3 is 9.15 Å². The molecule has 1 aromatic heterocycles. The highest BCUT2D eigenvalue weighted by Crippen LogP contribution is 2.34. The summed E-state index contributed by atoms with van der Waals surface area (Å²) in [4.78, 5) is 12.8. The molecule has 0 N–H and O–H groups in total. The Bertz CT molecular complexity index is 656. The summed E-state index contributed by atoms with van der Waals surface area (Å²) < 4.78 is 11.7. The molecule has 106 valence electrons. The first-order valence-corrected chi connectivity index (χ1v) is 7.25. The van der Waals surface area contributed by atoms with Crippen molar-refractivity contribution in [2.45, 2.75) is 27.2 Å². The van der Waals surface area contributed by atoms with Crippen molar-refractivity contribution >= 4 is 21.7 Å². The zero-order chi connectivity index (χ0) is 14.9. The van der Waals surface area contributed by atoms with Crippen molar-refractivity contribution in [2.24, 2.45) is 0 Å². The summed E-state index contributed by atoms with van der Waals surface area (Å²) in [6.07, 6.45) is 2.24. The van der Waals surface area contributed by atoms with Crippen LogP contribution in [0.25, 0.3) is 0 Å². The number of methoxy groups -OCH3 is 1. The molecule has 0 unspecified atom stereocenters. The Hall–Kier alpha value is -1.55. The molecule has 2 aromatic rings. The summed E-state index contributed by atoms with van der Waals surface area (Å²) in [6, 6.07) is 3.68.